The van der Waals surface area contributed by atoms with Gasteiger partial charge in [-0.25, -0.2) is 0 Å². The van der Waals surface area contributed by atoms with Crippen LogP contribution in [-0.4, -0.2) is 21.5 Å². The van der Waals surface area contributed by atoms with E-state index in [2.05, 4.69) is 55.0 Å². The van der Waals surface area contributed by atoms with Crippen molar-refractivity contribution >= 4 is 45.2 Å². The molecular formula is C13H14BrN5S. The summed E-state index contributed by atoms with van der Waals surface area (Å²) in [4.78, 5) is 0. The van der Waals surface area contributed by atoms with Crippen LogP contribution < -0.4 is 10.7 Å². The number of halogens is 1. The number of aromatic nitrogens is 2. The second kappa shape index (κ2) is 6.62. The first-order chi connectivity index (χ1) is 9.56. The fourth-order valence-corrected chi connectivity index (χ4v) is 2.09. The molecule has 1 aromatic heterocycles. The summed E-state index contributed by atoms with van der Waals surface area (Å²) in [5, 5.41) is 14.2. The van der Waals surface area contributed by atoms with Crippen molar-refractivity contribution in [3.8, 4) is 0 Å². The average Bonchev–Trinajstić information content (AvgIpc) is 2.79. The van der Waals surface area contributed by atoms with Crippen LogP contribution in [-0.2, 0) is 0 Å². The highest BCUT2D eigenvalue weighted by atomic mass is 79.9. The minimum atomic E-state index is 0.434. The zero-order valence-corrected chi connectivity index (χ0v) is 13.5. The van der Waals surface area contributed by atoms with Crippen molar-refractivity contribution < 1.29 is 0 Å². The molecule has 1 aromatic carbocycles. The summed E-state index contributed by atoms with van der Waals surface area (Å²) in [7, 11) is 0. The smallest absolute Gasteiger partial charge is 0.191 e. The van der Waals surface area contributed by atoms with Crippen molar-refractivity contribution in [2.45, 2.75) is 13.8 Å². The summed E-state index contributed by atoms with van der Waals surface area (Å²) in [6.07, 6.45) is 3.26. The number of aromatic amines is 1. The van der Waals surface area contributed by atoms with E-state index in [1.54, 1.807) is 12.4 Å². The van der Waals surface area contributed by atoms with E-state index in [1.807, 2.05) is 19.1 Å². The van der Waals surface area contributed by atoms with Gasteiger partial charge in [0.25, 0.3) is 0 Å². The number of aryl methyl sites for hydroxylation is 2. The molecule has 0 aliphatic carbocycles. The van der Waals surface area contributed by atoms with Gasteiger partial charge in [0.2, 0.25) is 0 Å². The standard InChI is InChI=1S/C13H14BrN5S/c1-8-3-4-11(9(2)5-8)17-13(20)19-16-7-12-10(14)6-15-18-12/h3-7H,1-2H3,(H,15,18)(H2,17,19,20)/b16-7+. The normalized spacial score (nSPS) is 10.8. The average molecular weight is 352 g/mol. The first-order valence-corrected chi connectivity index (χ1v) is 7.12. The summed E-state index contributed by atoms with van der Waals surface area (Å²) in [5.74, 6) is 0. The summed E-state index contributed by atoms with van der Waals surface area (Å²) in [6, 6.07) is 6.12. The second-order valence-electron chi connectivity index (χ2n) is 4.27. The highest BCUT2D eigenvalue weighted by Gasteiger charge is 2.01. The molecule has 7 heteroatoms. The Kier molecular flexibility index (Phi) is 4.86. The summed E-state index contributed by atoms with van der Waals surface area (Å²) in [5.41, 5.74) is 6.84. The van der Waals surface area contributed by atoms with Gasteiger partial charge in [0, 0.05) is 5.69 Å². The monoisotopic (exact) mass is 351 g/mol. The molecular weight excluding hydrogens is 338 g/mol. The van der Waals surface area contributed by atoms with E-state index in [0.29, 0.717) is 5.11 Å². The Bertz CT molecular complexity index is 650. The molecule has 5 nitrogen and oxygen atoms in total. The fraction of sp³-hybridized carbons (Fsp3) is 0.154. The van der Waals surface area contributed by atoms with Gasteiger partial charge >= 0.3 is 0 Å². The number of hydrogen-bond acceptors (Lipinski definition) is 3. The number of anilines is 1. The maximum absolute atomic E-state index is 5.18. The maximum Gasteiger partial charge on any atom is 0.191 e. The Labute approximate surface area is 131 Å². The van der Waals surface area contributed by atoms with E-state index in [9.17, 15) is 0 Å². The van der Waals surface area contributed by atoms with Crippen LogP contribution >= 0.6 is 28.1 Å². The number of hydrogen-bond donors (Lipinski definition) is 3. The molecule has 0 unspecified atom stereocenters. The molecule has 0 bridgehead atoms. The quantitative estimate of drug-likeness (QED) is 0.451. The molecule has 1 heterocycles. The molecule has 20 heavy (non-hydrogen) atoms. The molecule has 0 fully saturated rings. The molecule has 0 aliphatic rings. The van der Waals surface area contributed by atoms with Gasteiger partial charge in [-0.2, -0.15) is 10.2 Å². The van der Waals surface area contributed by atoms with E-state index >= 15 is 0 Å². The molecule has 0 atom stereocenters. The van der Waals surface area contributed by atoms with Gasteiger partial charge in [-0.15, -0.1) is 0 Å². The summed E-state index contributed by atoms with van der Waals surface area (Å²) in [6.45, 7) is 4.09. The van der Waals surface area contributed by atoms with E-state index in [0.717, 1.165) is 21.4 Å². The third kappa shape index (κ3) is 3.88. The number of benzene rings is 1. The fourth-order valence-electron chi connectivity index (χ4n) is 1.63. The minimum absolute atomic E-state index is 0.434. The third-order valence-electron chi connectivity index (χ3n) is 2.61. The first kappa shape index (κ1) is 14.7. The van der Waals surface area contributed by atoms with Gasteiger partial charge in [0.15, 0.2) is 5.11 Å². The Hall–Kier alpha value is -1.73. The lowest BCUT2D eigenvalue weighted by molar-refractivity contribution is 1.04. The van der Waals surface area contributed by atoms with Gasteiger partial charge in [-0.3, -0.25) is 10.5 Å². The van der Waals surface area contributed by atoms with Crippen LogP contribution in [0, 0.1) is 13.8 Å². The van der Waals surface area contributed by atoms with Crippen LogP contribution in [0.5, 0.6) is 0 Å². The number of thiocarbonyl (C=S) groups is 1. The van der Waals surface area contributed by atoms with Crippen LogP contribution in [0.4, 0.5) is 5.69 Å². The highest BCUT2D eigenvalue weighted by Crippen LogP contribution is 2.15. The van der Waals surface area contributed by atoms with Crippen LogP contribution in [0.3, 0.4) is 0 Å². The lowest BCUT2D eigenvalue weighted by Crippen LogP contribution is -2.24. The Morgan fingerprint density at radius 1 is 1.45 bits per heavy atom. The zero-order valence-electron chi connectivity index (χ0n) is 11.1. The molecule has 0 radical (unpaired) electrons. The van der Waals surface area contributed by atoms with Gasteiger partial charge in [-0.1, -0.05) is 17.7 Å². The molecule has 104 valence electrons. The topological polar surface area (TPSA) is 65.1 Å². The number of rotatable bonds is 3. The third-order valence-corrected chi connectivity index (χ3v) is 3.44. The lowest BCUT2D eigenvalue weighted by atomic mass is 10.1. The van der Waals surface area contributed by atoms with Crippen molar-refractivity contribution in [1.82, 2.24) is 15.6 Å². The number of nitrogens with zero attached hydrogens (tertiary/aromatic N) is 2. The predicted octanol–water partition coefficient (Wildman–Crippen LogP) is 3.11. The zero-order chi connectivity index (χ0) is 14.5. The summed E-state index contributed by atoms with van der Waals surface area (Å²) < 4.78 is 0.844. The van der Waals surface area contributed by atoms with Crippen molar-refractivity contribution in [3.05, 3.63) is 45.7 Å². The largest absolute Gasteiger partial charge is 0.331 e. The SMILES string of the molecule is Cc1ccc(NC(=S)N/N=C/c2[nH]ncc2Br)c(C)c1. The molecule has 0 aliphatic heterocycles. The number of nitrogens with one attached hydrogen (secondary N) is 3. The second-order valence-corrected chi connectivity index (χ2v) is 5.54. The molecule has 0 amide bonds. The molecule has 0 saturated carbocycles. The Morgan fingerprint density at radius 3 is 2.90 bits per heavy atom. The van der Waals surface area contributed by atoms with E-state index in [-0.39, 0.29) is 0 Å². The van der Waals surface area contributed by atoms with E-state index in [1.165, 1.54) is 5.56 Å². The molecule has 2 rings (SSSR count). The molecule has 0 spiro atoms. The van der Waals surface area contributed by atoms with Crippen LogP contribution in [0.2, 0.25) is 0 Å². The van der Waals surface area contributed by atoms with Gasteiger partial charge in [0.05, 0.1) is 22.6 Å². The van der Waals surface area contributed by atoms with Crippen molar-refractivity contribution in [3.63, 3.8) is 0 Å². The van der Waals surface area contributed by atoms with E-state index in [4.69, 9.17) is 12.2 Å². The predicted molar refractivity (Wildman–Crippen MR) is 89.2 cm³/mol. The Morgan fingerprint density at radius 2 is 2.25 bits per heavy atom. The van der Waals surface area contributed by atoms with Gasteiger partial charge in [-0.05, 0) is 53.6 Å². The molecule has 2 aromatic rings. The van der Waals surface area contributed by atoms with E-state index < -0.39 is 0 Å². The van der Waals surface area contributed by atoms with Crippen molar-refractivity contribution in [1.29, 1.82) is 0 Å². The molecule has 0 saturated heterocycles. The lowest BCUT2D eigenvalue weighted by Gasteiger charge is -2.10. The number of H-pyrrole nitrogens is 1. The van der Waals surface area contributed by atoms with Crippen LogP contribution in [0.15, 0.2) is 34.0 Å². The number of hydrazone groups is 1. The maximum atomic E-state index is 5.18. The minimum Gasteiger partial charge on any atom is -0.331 e. The van der Waals surface area contributed by atoms with Gasteiger partial charge < -0.3 is 5.32 Å². The van der Waals surface area contributed by atoms with Gasteiger partial charge in [0.1, 0.15) is 0 Å². The van der Waals surface area contributed by atoms with Crippen molar-refractivity contribution in [2.75, 3.05) is 5.32 Å². The Balaban J connectivity index is 1.93. The first-order valence-electron chi connectivity index (χ1n) is 5.92. The van der Waals surface area contributed by atoms with Crippen LogP contribution in [0.25, 0.3) is 0 Å². The highest BCUT2D eigenvalue weighted by molar-refractivity contribution is 9.10. The summed E-state index contributed by atoms with van der Waals surface area (Å²) >= 11 is 8.52. The molecule has 3 N–H and O–H groups in total. The van der Waals surface area contributed by atoms with Crippen LogP contribution in [0.1, 0.15) is 16.8 Å². The van der Waals surface area contributed by atoms with Crippen molar-refractivity contribution in [2.24, 2.45) is 5.10 Å².